The standard InChI is InChI=1S/C27H28BF3N4O4S/c1-28-19-12-18(24-33-26(36)39-34-24)21(37-2)13-22(19)38-15-23-20(14-35-10-4-3-5-11-35)32-25(40-23)16-6-8-17(9-7-16)27(29,30)31/h6-9,12-13,28H,3-5,10-11,14-15H2,1-2H3,(H,33,34,36). The highest BCUT2D eigenvalue weighted by molar-refractivity contribution is 7.15. The second-order valence-corrected chi connectivity index (χ2v) is 10.6. The van der Waals surface area contributed by atoms with Crippen LogP contribution in [-0.2, 0) is 19.3 Å². The van der Waals surface area contributed by atoms with Crippen molar-refractivity contribution in [2.24, 2.45) is 0 Å². The summed E-state index contributed by atoms with van der Waals surface area (Å²) in [7, 11) is 2.16. The van der Waals surface area contributed by atoms with Gasteiger partial charge < -0.3 is 9.47 Å². The number of aromatic nitrogens is 3. The summed E-state index contributed by atoms with van der Waals surface area (Å²) in [4.78, 5) is 22.1. The van der Waals surface area contributed by atoms with Crippen LogP contribution >= 0.6 is 11.3 Å². The third kappa shape index (κ3) is 6.25. The molecule has 0 amide bonds. The number of piperidine rings is 1. The van der Waals surface area contributed by atoms with Gasteiger partial charge in [-0.3, -0.25) is 14.4 Å². The van der Waals surface area contributed by atoms with Gasteiger partial charge in [0.25, 0.3) is 0 Å². The number of rotatable bonds is 9. The lowest BCUT2D eigenvalue weighted by Crippen LogP contribution is -2.29. The first-order valence-corrected chi connectivity index (χ1v) is 13.9. The Morgan fingerprint density at radius 3 is 2.50 bits per heavy atom. The van der Waals surface area contributed by atoms with Gasteiger partial charge in [-0.25, -0.2) is 9.78 Å². The molecule has 1 saturated heterocycles. The molecule has 1 aliphatic rings. The van der Waals surface area contributed by atoms with E-state index in [-0.39, 0.29) is 12.4 Å². The number of ether oxygens (including phenoxy) is 2. The van der Waals surface area contributed by atoms with Gasteiger partial charge in [-0.05, 0) is 49.6 Å². The number of nitrogens with one attached hydrogen (secondary N) is 1. The lowest BCUT2D eigenvalue weighted by molar-refractivity contribution is -0.137. The molecule has 210 valence electrons. The second kappa shape index (κ2) is 11.9. The predicted octanol–water partition coefficient (Wildman–Crippen LogP) is 4.86. The maximum Gasteiger partial charge on any atom is 0.439 e. The van der Waals surface area contributed by atoms with Gasteiger partial charge >= 0.3 is 11.9 Å². The van der Waals surface area contributed by atoms with Gasteiger partial charge in [-0.2, -0.15) is 13.2 Å². The van der Waals surface area contributed by atoms with E-state index in [9.17, 15) is 18.0 Å². The molecule has 2 aromatic carbocycles. The van der Waals surface area contributed by atoms with Crippen molar-refractivity contribution in [3.05, 3.63) is 63.1 Å². The Kier molecular flexibility index (Phi) is 8.31. The molecular formula is C27H28BF3N4O4S. The molecule has 0 saturated carbocycles. The molecule has 0 bridgehead atoms. The van der Waals surface area contributed by atoms with Crippen molar-refractivity contribution in [1.29, 1.82) is 0 Å². The van der Waals surface area contributed by atoms with Crippen LogP contribution in [0.1, 0.15) is 35.4 Å². The molecule has 0 spiro atoms. The van der Waals surface area contributed by atoms with Gasteiger partial charge in [0.2, 0.25) is 0 Å². The second-order valence-electron chi connectivity index (χ2n) is 9.55. The maximum absolute atomic E-state index is 13.1. The molecule has 5 rings (SSSR count). The van der Waals surface area contributed by atoms with E-state index in [1.807, 2.05) is 12.9 Å². The first-order chi connectivity index (χ1) is 19.2. The highest BCUT2D eigenvalue weighted by Crippen LogP contribution is 2.35. The number of aromatic amines is 1. The molecule has 0 unspecified atom stereocenters. The number of benzene rings is 2. The fourth-order valence-electron chi connectivity index (χ4n) is 4.73. The average Bonchev–Trinajstić information content (AvgIpc) is 3.57. The molecule has 40 heavy (non-hydrogen) atoms. The molecule has 0 atom stereocenters. The number of halogens is 3. The third-order valence-electron chi connectivity index (χ3n) is 6.88. The van der Waals surface area contributed by atoms with Gasteiger partial charge in [0, 0.05) is 18.2 Å². The van der Waals surface area contributed by atoms with E-state index in [0.717, 1.165) is 54.1 Å². The Morgan fingerprint density at radius 1 is 1.12 bits per heavy atom. The van der Waals surface area contributed by atoms with Crippen LogP contribution in [0.15, 0.2) is 45.7 Å². The van der Waals surface area contributed by atoms with Crippen molar-refractivity contribution in [3.63, 3.8) is 0 Å². The largest absolute Gasteiger partial charge is 0.496 e. The van der Waals surface area contributed by atoms with Gasteiger partial charge in [-0.15, -0.1) is 11.3 Å². The topological polar surface area (TPSA) is 93.5 Å². The van der Waals surface area contributed by atoms with Gasteiger partial charge in [0.1, 0.15) is 23.1 Å². The zero-order valence-electron chi connectivity index (χ0n) is 22.1. The van der Waals surface area contributed by atoms with E-state index < -0.39 is 17.5 Å². The highest BCUT2D eigenvalue weighted by atomic mass is 32.1. The number of nitrogens with zero attached hydrogens (tertiary/aromatic N) is 3. The van der Waals surface area contributed by atoms with Crippen molar-refractivity contribution in [1.82, 2.24) is 20.0 Å². The Morgan fingerprint density at radius 2 is 1.88 bits per heavy atom. The van der Waals surface area contributed by atoms with Crippen molar-refractivity contribution in [3.8, 4) is 33.5 Å². The highest BCUT2D eigenvalue weighted by Gasteiger charge is 2.30. The Bertz CT molecular complexity index is 1510. The quantitative estimate of drug-likeness (QED) is 0.287. The van der Waals surface area contributed by atoms with Crippen LogP contribution in [-0.4, -0.2) is 47.5 Å². The number of likely N-dealkylation sites (tertiary alicyclic amines) is 1. The minimum absolute atomic E-state index is 0.234. The van der Waals surface area contributed by atoms with Gasteiger partial charge in [0.05, 0.1) is 28.8 Å². The fourth-order valence-corrected chi connectivity index (χ4v) is 5.72. The van der Waals surface area contributed by atoms with Crippen LogP contribution in [0.3, 0.4) is 0 Å². The molecule has 4 aromatic rings. The van der Waals surface area contributed by atoms with Crippen molar-refractivity contribution in [2.45, 2.75) is 45.4 Å². The molecule has 0 radical (unpaired) electrons. The number of H-pyrrole nitrogens is 1. The zero-order chi connectivity index (χ0) is 28.3. The lowest BCUT2D eigenvalue weighted by atomic mass is 9.72. The molecule has 2 aromatic heterocycles. The summed E-state index contributed by atoms with van der Waals surface area (Å²) in [6, 6.07) is 8.69. The number of hydrogen-bond donors (Lipinski definition) is 1. The van der Waals surface area contributed by atoms with Crippen LogP contribution in [0.2, 0.25) is 6.82 Å². The molecular weight excluding hydrogens is 544 g/mol. The first-order valence-electron chi connectivity index (χ1n) is 13.0. The lowest BCUT2D eigenvalue weighted by Gasteiger charge is -2.26. The zero-order valence-corrected chi connectivity index (χ0v) is 23.0. The third-order valence-corrected chi connectivity index (χ3v) is 8.00. The summed E-state index contributed by atoms with van der Waals surface area (Å²) in [6.45, 7) is 4.84. The Labute approximate surface area is 233 Å². The molecule has 3 heterocycles. The monoisotopic (exact) mass is 572 g/mol. The van der Waals surface area contributed by atoms with Crippen LogP contribution in [0, 0.1) is 0 Å². The SMILES string of the molecule is CBc1cc(-c2noc(=O)[nH]2)c(OC)cc1OCc1sc(-c2ccc(C(F)(F)F)cc2)nc1CN1CCCCC1. The predicted molar refractivity (Wildman–Crippen MR) is 148 cm³/mol. The minimum atomic E-state index is -4.39. The maximum atomic E-state index is 13.1. The van der Waals surface area contributed by atoms with E-state index >= 15 is 0 Å². The molecule has 1 fully saturated rings. The molecule has 1 N–H and O–H groups in total. The summed E-state index contributed by atoms with van der Waals surface area (Å²) >= 11 is 1.42. The number of alkyl halides is 3. The van der Waals surface area contributed by atoms with E-state index in [0.29, 0.717) is 41.5 Å². The van der Waals surface area contributed by atoms with Gasteiger partial charge in [-0.1, -0.05) is 30.5 Å². The molecule has 13 heteroatoms. The number of thiazole rings is 1. The number of methoxy groups -OCH3 is 1. The average molecular weight is 572 g/mol. The van der Waals surface area contributed by atoms with Crippen LogP contribution < -0.4 is 20.7 Å². The Balaban J connectivity index is 1.44. The summed E-state index contributed by atoms with van der Waals surface area (Å²) in [5.41, 5.74) is 2.26. The van der Waals surface area contributed by atoms with Crippen molar-refractivity contribution >= 4 is 24.1 Å². The molecule has 1 aliphatic heterocycles. The smallest absolute Gasteiger partial charge is 0.439 e. The van der Waals surface area contributed by atoms with E-state index in [1.54, 1.807) is 6.07 Å². The normalized spacial score (nSPS) is 14.3. The molecule has 0 aliphatic carbocycles. The van der Waals surface area contributed by atoms with Gasteiger partial charge in [0.15, 0.2) is 13.1 Å². The first kappa shape index (κ1) is 28.0. The molecule has 8 nitrogen and oxygen atoms in total. The van der Waals surface area contributed by atoms with E-state index in [4.69, 9.17) is 14.5 Å². The minimum Gasteiger partial charge on any atom is -0.496 e. The van der Waals surface area contributed by atoms with Crippen LogP contribution in [0.5, 0.6) is 11.5 Å². The summed E-state index contributed by atoms with van der Waals surface area (Å²) in [5, 5.41) is 4.42. The van der Waals surface area contributed by atoms with E-state index in [1.165, 1.54) is 37.0 Å². The summed E-state index contributed by atoms with van der Waals surface area (Å²) in [5.74, 6) is 0.670. The fraction of sp³-hybridized carbons (Fsp3) is 0.370. The van der Waals surface area contributed by atoms with Crippen molar-refractivity contribution < 1.29 is 27.2 Å². The van der Waals surface area contributed by atoms with E-state index in [2.05, 4.69) is 19.6 Å². The van der Waals surface area contributed by atoms with Crippen LogP contribution in [0.4, 0.5) is 13.2 Å². The Hall–Kier alpha value is -3.58. The van der Waals surface area contributed by atoms with Crippen molar-refractivity contribution in [2.75, 3.05) is 20.2 Å². The summed E-state index contributed by atoms with van der Waals surface area (Å²) < 4.78 is 55.7. The summed E-state index contributed by atoms with van der Waals surface area (Å²) in [6.07, 6.45) is -0.925. The number of hydrogen-bond acceptors (Lipinski definition) is 8. The van der Waals surface area contributed by atoms with Crippen LogP contribution in [0.25, 0.3) is 22.0 Å².